The fraction of sp³-hybridized carbons (Fsp3) is 0.833. The number of aliphatic hydroxyl groups excluding tert-OH is 1. The highest BCUT2D eigenvalue weighted by Crippen LogP contribution is 2.28. The van der Waals surface area contributed by atoms with E-state index >= 15 is 0 Å². The number of nitrogens with zero attached hydrogens (tertiary/aromatic N) is 1. The van der Waals surface area contributed by atoms with Gasteiger partial charge in [0.2, 0.25) is 0 Å². The molecule has 0 unspecified atom stereocenters. The van der Waals surface area contributed by atoms with E-state index in [4.69, 9.17) is 5.11 Å². The van der Waals surface area contributed by atoms with E-state index in [1.54, 1.807) is 11.8 Å². The Hall–Kier alpha value is -0.640. The van der Waals surface area contributed by atoms with Crippen LogP contribution in [0.2, 0.25) is 0 Å². The van der Waals surface area contributed by atoms with Gasteiger partial charge in [-0.2, -0.15) is 0 Å². The minimum Gasteiger partial charge on any atom is -0.400 e. The molecule has 1 aliphatic rings. The van der Waals surface area contributed by atoms with E-state index in [0.717, 1.165) is 12.8 Å². The second-order valence-corrected chi connectivity index (χ2v) is 2.76. The molecule has 1 heterocycles. The SMILES string of the molecule is C=C(C)N1CCC(F)(F)C1.CC.CC.CO. The largest absolute Gasteiger partial charge is 0.400 e. The van der Waals surface area contributed by atoms with Gasteiger partial charge in [-0.05, 0) is 6.92 Å². The maximum Gasteiger partial charge on any atom is 0.266 e. The molecule has 1 fully saturated rings. The Morgan fingerprint density at radius 3 is 1.69 bits per heavy atom. The molecule has 16 heavy (non-hydrogen) atoms. The van der Waals surface area contributed by atoms with Crippen molar-refractivity contribution in [3.8, 4) is 0 Å². The van der Waals surface area contributed by atoms with Crippen molar-refractivity contribution in [3.05, 3.63) is 12.3 Å². The molecule has 1 saturated heterocycles. The molecule has 2 nitrogen and oxygen atoms in total. The van der Waals surface area contributed by atoms with Crippen molar-refractivity contribution < 1.29 is 13.9 Å². The number of rotatable bonds is 1. The monoisotopic (exact) mass is 239 g/mol. The van der Waals surface area contributed by atoms with Crippen LogP contribution in [0.1, 0.15) is 41.0 Å². The van der Waals surface area contributed by atoms with Crippen LogP contribution in [0.5, 0.6) is 0 Å². The van der Waals surface area contributed by atoms with Gasteiger partial charge in [0.1, 0.15) is 0 Å². The Kier molecular flexibility index (Phi) is 16.1. The van der Waals surface area contributed by atoms with Crippen LogP contribution in [-0.4, -0.2) is 36.1 Å². The molecular weight excluding hydrogens is 212 g/mol. The zero-order valence-electron chi connectivity index (χ0n) is 11.5. The average molecular weight is 239 g/mol. The van der Waals surface area contributed by atoms with Gasteiger partial charge >= 0.3 is 0 Å². The summed E-state index contributed by atoms with van der Waals surface area (Å²) in [5, 5.41) is 7.00. The lowest BCUT2D eigenvalue weighted by atomic mass is 10.3. The Morgan fingerprint density at radius 2 is 1.56 bits per heavy atom. The maximum atomic E-state index is 12.5. The van der Waals surface area contributed by atoms with Gasteiger partial charge in [-0.1, -0.05) is 34.3 Å². The van der Waals surface area contributed by atoms with Crippen molar-refractivity contribution >= 4 is 0 Å². The van der Waals surface area contributed by atoms with Gasteiger partial charge < -0.3 is 10.0 Å². The standard InChI is InChI=1S/C7H11F2N.2C2H6.CH4O/c1-6(2)10-4-3-7(8,9)5-10;3*1-2/h1,3-5H2,2H3;2*1-2H3;2H,1H3. The minimum atomic E-state index is -2.49. The summed E-state index contributed by atoms with van der Waals surface area (Å²) in [5.41, 5.74) is 0.733. The zero-order chi connectivity index (χ0) is 13.8. The summed E-state index contributed by atoms with van der Waals surface area (Å²) in [6.45, 7) is 13.6. The molecule has 0 aromatic heterocycles. The van der Waals surface area contributed by atoms with Crippen LogP contribution in [0, 0.1) is 0 Å². The number of aliphatic hydroxyl groups is 1. The minimum absolute atomic E-state index is 0.0279. The quantitative estimate of drug-likeness (QED) is 0.756. The van der Waals surface area contributed by atoms with Crippen LogP contribution in [0.3, 0.4) is 0 Å². The fourth-order valence-corrected chi connectivity index (χ4v) is 1.06. The molecular formula is C12H27F2NO. The number of alkyl halides is 2. The molecule has 0 amide bonds. The predicted octanol–water partition coefficient (Wildman–Crippen LogP) is 3.52. The summed E-state index contributed by atoms with van der Waals surface area (Å²) in [6.07, 6.45) is -0.0279. The van der Waals surface area contributed by atoms with E-state index < -0.39 is 5.92 Å². The van der Waals surface area contributed by atoms with Gasteiger partial charge in [-0.15, -0.1) is 0 Å². The molecule has 0 spiro atoms. The van der Waals surface area contributed by atoms with Gasteiger partial charge in [-0.25, -0.2) is 8.78 Å². The Balaban J connectivity index is -0.000000245. The van der Waals surface area contributed by atoms with Crippen LogP contribution < -0.4 is 0 Å². The summed E-state index contributed by atoms with van der Waals surface area (Å²) < 4.78 is 24.9. The van der Waals surface area contributed by atoms with E-state index in [9.17, 15) is 8.78 Å². The van der Waals surface area contributed by atoms with Gasteiger partial charge in [0, 0.05) is 25.8 Å². The van der Waals surface area contributed by atoms with E-state index in [-0.39, 0.29) is 13.0 Å². The van der Waals surface area contributed by atoms with Crippen molar-refractivity contribution in [1.29, 1.82) is 0 Å². The Bertz CT molecular complexity index is 161. The van der Waals surface area contributed by atoms with Gasteiger partial charge in [0.15, 0.2) is 0 Å². The van der Waals surface area contributed by atoms with Crippen molar-refractivity contribution in [3.63, 3.8) is 0 Å². The third-order valence-electron chi connectivity index (χ3n) is 1.71. The van der Waals surface area contributed by atoms with Crippen molar-refractivity contribution in [2.75, 3.05) is 20.2 Å². The molecule has 0 aromatic rings. The van der Waals surface area contributed by atoms with E-state index in [0.29, 0.717) is 6.54 Å². The number of hydrogen-bond acceptors (Lipinski definition) is 2. The van der Waals surface area contributed by atoms with Crippen LogP contribution in [0.15, 0.2) is 12.3 Å². The lowest BCUT2D eigenvalue weighted by Gasteiger charge is -2.16. The van der Waals surface area contributed by atoms with Crippen LogP contribution in [0.4, 0.5) is 8.78 Å². The molecule has 0 atom stereocenters. The average Bonchev–Trinajstić information content (AvgIpc) is 2.68. The topological polar surface area (TPSA) is 23.5 Å². The first-order valence-electron chi connectivity index (χ1n) is 5.74. The first kappa shape index (κ1) is 20.7. The molecule has 0 radical (unpaired) electrons. The molecule has 4 heteroatoms. The first-order chi connectivity index (χ1) is 7.51. The molecule has 1 aliphatic heterocycles. The lowest BCUT2D eigenvalue weighted by molar-refractivity contribution is 0.0152. The number of allylic oxidation sites excluding steroid dienone is 1. The zero-order valence-corrected chi connectivity index (χ0v) is 11.5. The second-order valence-electron chi connectivity index (χ2n) is 2.76. The van der Waals surface area contributed by atoms with Crippen molar-refractivity contribution in [2.45, 2.75) is 47.0 Å². The normalized spacial score (nSPS) is 15.7. The van der Waals surface area contributed by atoms with E-state index in [1.807, 2.05) is 27.7 Å². The summed E-state index contributed by atoms with van der Waals surface area (Å²) in [5.74, 6) is -2.49. The number of halogens is 2. The molecule has 1 rings (SSSR count). The maximum absolute atomic E-state index is 12.5. The van der Waals surface area contributed by atoms with Crippen molar-refractivity contribution in [1.82, 2.24) is 4.90 Å². The summed E-state index contributed by atoms with van der Waals surface area (Å²) in [6, 6.07) is 0. The van der Waals surface area contributed by atoms with Gasteiger partial charge in [0.05, 0.1) is 6.54 Å². The van der Waals surface area contributed by atoms with Crippen LogP contribution in [-0.2, 0) is 0 Å². The molecule has 0 aliphatic carbocycles. The molecule has 0 bridgehead atoms. The predicted molar refractivity (Wildman–Crippen MR) is 66.8 cm³/mol. The number of hydrogen-bond donors (Lipinski definition) is 1. The first-order valence-corrected chi connectivity index (χ1v) is 5.74. The Labute approximate surface area is 99.0 Å². The molecule has 0 aromatic carbocycles. The third-order valence-corrected chi connectivity index (χ3v) is 1.71. The summed E-state index contributed by atoms with van der Waals surface area (Å²) in [7, 11) is 1.00. The smallest absolute Gasteiger partial charge is 0.266 e. The molecule has 0 saturated carbocycles. The van der Waals surface area contributed by atoms with Crippen molar-refractivity contribution in [2.24, 2.45) is 0 Å². The summed E-state index contributed by atoms with van der Waals surface area (Å²) >= 11 is 0. The lowest BCUT2D eigenvalue weighted by Crippen LogP contribution is -2.23. The van der Waals surface area contributed by atoms with E-state index in [2.05, 4.69) is 6.58 Å². The second kappa shape index (κ2) is 12.4. The highest BCUT2D eigenvalue weighted by atomic mass is 19.3. The highest BCUT2D eigenvalue weighted by Gasteiger charge is 2.37. The molecule has 100 valence electrons. The number of likely N-dealkylation sites (tertiary alicyclic amines) is 1. The fourth-order valence-electron chi connectivity index (χ4n) is 1.06. The Morgan fingerprint density at radius 1 is 1.19 bits per heavy atom. The molecule has 1 N–H and O–H groups in total. The highest BCUT2D eigenvalue weighted by molar-refractivity contribution is 4.96. The van der Waals surface area contributed by atoms with E-state index in [1.165, 1.54) is 0 Å². The van der Waals surface area contributed by atoms with Crippen LogP contribution >= 0.6 is 0 Å². The summed E-state index contributed by atoms with van der Waals surface area (Å²) in [4.78, 5) is 1.61. The van der Waals surface area contributed by atoms with Gasteiger partial charge in [0.25, 0.3) is 5.92 Å². The third kappa shape index (κ3) is 9.90. The van der Waals surface area contributed by atoms with Gasteiger partial charge in [-0.3, -0.25) is 0 Å². The van der Waals surface area contributed by atoms with Crippen LogP contribution in [0.25, 0.3) is 0 Å².